The highest BCUT2D eigenvalue weighted by Gasteiger charge is 2.29. The number of nitrogen functional groups attached to an aromatic ring is 1. The summed E-state index contributed by atoms with van der Waals surface area (Å²) in [5.74, 6) is 0.466. The monoisotopic (exact) mass is 655 g/mol. The normalized spacial score (nSPS) is 13.7. The van der Waals surface area contributed by atoms with E-state index in [2.05, 4.69) is 22.2 Å². The maximum absolute atomic E-state index is 13.8. The molecule has 49 heavy (non-hydrogen) atoms. The lowest BCUT2D eigenvalue weighted by atomic mass is 9.92. The SMILES string of the molecule is Cc1c(-c2cccc(C#N)c2)c(=O)c(C(=O)Cc2ccc(-c3cc(C4CCN(C(=O)C(C)C)CC4)n4ncnc(N)c34)cc2)cn1C(C)C. The number of carbonyl (C=O) groups excluding carboxylic acids is 2. The van der Waals surface area contributed by atoms with Crippen LogP contribution >= 0.6 is 0 Å². The van der Waals surface area contributed by atoms with E-state index >= 15 is 0 Å². The van der Waals surface area contributed by atoms with Crippen LogP contribution in [0.25, 0.3) is 27.8 Å². The fraction of sp³-hybridized carbons (Fsp3) is 0.333. The van der Waals surface area contributed by atoms with E-state index < -0.39 is 0 Å². The highest BCUT2D eigenvalue weighted by atomic mass is 16.2. The maximum atomic E-state index is 13.8. The molecular weight excluding hydrogens is 614 g/mol. The van der Waals surface area contributed by atoms with Crippen molar-refractivity contribution in [3.05, 3.63) is 105 Å². The van der Waals surface area contributed by atoms with Crippen molar-refractivity contribution in [3.8, 4) is 28.3 Å². The third kappa shape index (κ3) is 6.36. The number of benzene rings is 2. The highest BCUT2D eigenvalue weighted by Crippen LogP contribution is 2.37. The number of Topliss-reactive ketones (excluding diaryl/α,β-unsaturated/α-hetero) is 1. The summed E-state index contributed by atoms with van der Waals surface area (Å²) in [5.41, 5.74) is 12.8. The zero-order valence-corrected chi connectivity index (χ0v) is 28.6. The third-order valence-electron chi connectivity index (χ3n) is 9.58. The van der Waals surface area contributed by atoms with Crippen molar-refractivity contribution in [2.45, 2.75) is 65.8 Å². The molecule has 0 atom stereocenters. The standard InChI is InChI=1S/C39H41N7O3/c1-23(2)39(49)44-15-13-29(14-16-44)33-19-31(36-38(41)42-22-43-46(33)36)28-11-9-26(10-12-28)18-34(47)32-21-45(24(3)4)25(5)35(37(32)48)30-8-6-7-27(17-30)20-40/h6-12,17,19,21-24,29H,13-16,18H2,1-5H3,(H2,41,42,43). The number of fused-ring (bicyclic) bond motifs is 1. The molecule has 4 heterocycles. The van der Waals surface area contributed by atoms with Gasteiger partial charge in [0.05, 0.1) is 17.2 Å². The summed E-state index contributed by atoms with van der Waals surface area (Å²) in [6.07, 6.45) is 4.84. The van der Waals surface area contributed by atoms with Crippen LogP contribution in [-0.4, -0.2) is 48.8 Å². The molecule has 1 amide bonds. The Bertz CT molecular complexity index is 2160. The lowest BCUT2D eigenvalue weighted by molar-refractivity contribution is -0.135. The quantitative estimate of drug-likeness (QED) is 0.192. The molecule has 0 unspecified atom stereocenters. The molecular formula is C39H41N7O3. The number of aromatic nitrogens is 4. The van der Waals surface area contributed by atoms with Gasteiger partial charge in [0.1, 0.15) is 11.8 Å². The summed E-state index contributed by atoms with van der Waals surface area (Å²) >= 11 is 0. The molecule has 5 aromatic rings. The molecule has 2 aromatic carbocycles. The van der Waals surface area contributed by atoms with Gasteiger partial charge in [0.25, 0.3) is 0 Å². The number of carbonyl (C=O) groups is 2. The molecule has 250 valence electrons. The number of pyridine rings is 1. The second-order valence-corrected chi connectivity index (χ2v) is 13.5. The van der Waals surface area contributed by atoms with Crippen molar-refractivity contribution in [3.63, 3.8) is 0 Å². The Morgan fingerprint density at radius 1 is 1.02 bits per heavy atom. The van der Waals surface area contributed by atoms with E-state index in [9.17, 15) is 19.6 Å². The number of hydrogen-bond donors (Lipinski definition) is 1. The van der Waals surface area contributed by atoms with Gasteiger partial charge in [-0.05, 0) is 68.5 Å². The van der Waals surface area contributed by atoms with Crippen LogP contribution in [0.5, 0.6) is 0 Å². The van der Waals surface area contributed by atoms with Gasteiger partial charge in [0, 0.05) is 66.1 Å². The molecule has 10 heteroatoms. The molecule has 1 saturated heterocycles. The van der Waals surface area contributed by atoms with Gasteiger partial charge < -0.3 is 15.2 Å². The molecule has 1 aliphatic heterocycles. The summed E-state index contributed by atoms with van der Waals surface area (Å²) in [7, 11) is 0. The zero-order chi connectivity index (χ0) is 35.0. The number of rotatable bonds is 8. The lowest BCUT2D eigenvalue weighted by Crippen LogP contribution is -2.40. The van der Waals surface area contributed by atoms with E-state index in [0.717, 1.165) is 46.4 Å². The van der Waals surface area contributed by atoms with Gasteiger partial charge in [-0.2, -0.15) is 10.4 Å². The second-order valence-electron chi connectivity index (χ2n) is 13.5. The molecule has 0 aliphatic carbocycles. The van der Waals surface area contributed by atoms with E-state index in [4.69, 9.17) is 5.73 Å². The zero-order valence-electron chi connectivity index (χ0n) is 28.6. The number of nitrogens with two attached hydrogens (primary N) is 1. The summed E-state index contributed by atoms with van der Waals surface area (Å²) in [6.45, 7) is 11.1. The number of piperidine rings is 1. The molecule has 1 aliphatic rings. The van der Waals surface area contributed by atoms with Crippen molar-refractivity contribution in [1.82, 2.24) is 24.1 Å². The van der Waals surface area contributed by atoms with E-state index in [1.807, 2.05) is 72.9 Å². The Labute approximate surface area is 285 Å². The third-order valence-corrected chi connectivity index (χ3v) is 9.58. The molecule has 1 fully saturated rings. The van der Waals surface area contributed by atoms with Crippen molar-refractivity contribution < 1.29 is 9.59 Å². The van der Waals surface area contributed by atoms with Crippen LogP contribution in [-0.2, 0) is 11.2 Å². The Hall–Kier alpha value is -5.56. The molecule has 2 N–H and O–H groups in total. The van der Waals surface area contributed by atoms with E-state index in [0.29, 0.717) is 35.6 Å². The van der Waals surface area contributed by atoms with Crippen molar-refractivity contribution >= 4 is 23.0 Å². The lowest BCUT2D eigenvalue weighted by Gasteiger charge is -2.33. The minimum atomic E-state index is -0.339. The Balaban J connectivity index is 1.29. The maximum Gasteiger partial charge on any atom is 0.225 e. The first kappa shape index (κ1) is 33.3. The first-order chi connectivity index (χ1) is 23.5. The van der Waals surface area contributed by atoms with Crippen LogP contribution in [0, 0.1) is 24.2 Å². The number of nitrogens with zero attached hydrogens (tertiary/aromatic N) is 6. The van der Waals surface area contributed by atoms with Crippen molar-refractivity contribution in [1.29, 1.82) is 5.26 Å². The first-order valence-corrected chi connectivity index (χ1v) is 16.8. The molecule has 0 radical (unpaired) electrons. The summed E-state index contributed by atoms with van der Waals surface area (Å²) in [6, 6.07) is 18.9. The summed E-state index contributed by atoms with van der Waals surface area (Å²) < 4.78 is 3.82. The van der Waals surface area contributed by atoms with Crippen molar-refractivity contribution in [2.75, 3.05) is 18.8 Å². The summed E-state index contributed by atoms with van der Waals surface area (Å²) in [5, 5.41) is 14.0. The van der Waals surface area contributed by atoms with Gasteiger partial charge in [0.15, 0.2) is 17.0 Å². The average molecular weight is 656 g/mol. The summed E-state index contributed by atoms with van der Waals surface area (Å²) in [4.78, 5) is 46.4. The molecule has 3 aromatic heterocycles. The molecule has 0 bridgehead atoms. The Morgan fingerprint density at radius 2 is 1.73 bits per heavy atom. The number of nitriles is 1. The number of amides is 1. The van der Waals surface area contributed by atoms with Crippen LogP contribution < -0.4 is 11.2 Å². The van der Waals surface area contributed by atoms with Crippen LogP contribution in [0.4, 0.5) is 5.82 Å². The predicted molar refractivity (Wildman–Crippen MR) is 190 cm³/mol. The molecule has 10 nitrogen and oxygen atoms in total. The minimum Gasteiger partial charge on any atom is -0.382 e. The number of ketones is 1. The molecule has 6 rings (SSSR count). The fourth-order valence-corrected chi connectivity index (χ4v) is 6.99. The highest BCUT2D eigenvalue weighted by molar-refractivity contribution is 5.98. The van der Waals surface area contributed by atoms with Crippen LogP contribution in [0.3, 0.4) is 0 Å². The van der Waals surface area contributed by atoms with Crippen LogP contribution in [0.1, 0.15) is 85.4 Å². The first-order valence-electron chi connectivity index (χ1n) is 16.8. The van der Waals surface area contributed by atoms with Gasteiger partial charge in [-0.1, -0.05) is 50.2 Å². The van der Waals surface area contributed by atoms with E-state index in [-0.39, 0.29) is 47.0 Å². The minimum absolute atomic E-state index is 0.0120. The van der Waals surface area contributed by atoms with E-state index in [1.54, 1.807) is 30.5 Å². The number of hydrogen-bond acceptors (Lipinski definition) is 7. The second kappa shape index (κ2) is 13.5. The average Bonchev–Trinajstić information content (AvgIpc) is 3.49. The smallest absolute Gasteiger partial charge is 0.225 e. The topological polar surface area (TPSA) is 139 Å². The van der Waals surface area contributed by atoms with Gasteiger partial charge >= 0.3 is 0 Å². The van der Waals surface area contributed by atoms with Crippen LogP contribution in [0.15, 0.2) is 71.9 Å². The van der Waals surface area contributed by atoms with Crippen molar-refractivity contribution in [2.24, 2.45) is 5.92 Å². The van der Waals surface area contributed by atoms with Gasteiger partial charge in [-0.25, -0.2) is 9.50 Å². The van der Waals surface area contributed by atoms with Crippen LogP contribution in [0.2, 0.25) is 0 Å². The fourth-order valence-electron chi connectivity index (χ4n) is 6.99. The largest absolute Gasteiger partial charge is 0.382 e. The van der Waals surface area contributed by atoms with E-state index in [1.165, 1.54) is 6.33 Å². The Morgan fingerprint density at radius 3 is 2.39 bits per heavy atom. The molecule has 0 saturated carbocycles. The molecule has 0 spiro atoms. The van der Waals surface area contributed by atoms with Gasteiger partial charge in [-0.15, -0.1) is 0 Å². The number of likely N-dealkylation sites (tertiary alicyclic amines) is 1. The Kier molecular flexibility index (Phi) is 9.20. The number of anilines is 1. The van der Waals surface area contributed by atoms with Gasteiger partial charge in [0.2, 0.25) is 5.91 Å². The predicted octanol–water partition coefficient (Wildman–Crippen LogP) is 6.36. The van der Waals surface area contributed by atoms with Gasteiger partial charge in [-0.3, -0.25) is 14.4 Å².